The molecule has 6 nitrogen and oxygen atoms in total. The predicted octanol–water partition coefficient (Wildman–Crippen LogP) is 2.00. The first-order valence-corrected chi connectivity index (χ1v) is 5.93. The Labute approximate surface area is 112 Å². The SMILES string of the molecule is CNc1nc(OC)nc(N(C)c2ccccc2C)n1. The number of rotatable bonds is 4. The van der Waals surface area contributed by atoms with Crippen molar-refractivity contribution in [3.8, 4) is 6.01 Å². The molecule has 0 unspecified atom stereocenters. The van der Waals surface area contributed by atoms with E-state index < -0.39 is 0 Å². The predicted molar refractivity (Wildman–Crippen MR) is 75.2 cm³/mol. The molecule has 0 atom stereocenters. The van der Waals surface area contributed by atoms with Gasteiger partial charge in [0, 0.05) is 19.8 Å². The van der Waals surface area contributed by atoms with Crippen molar-refractivity contribution in [3.63, 3.8) is 0 Å². The normalized spacial score (nSPS) is 10.1. The molecule has 0 radical (unpaired) electrons. The highest BCUT2D eigenvalue weighted by molar-refractivity contribution is 5.61. The number of aromatic nitrogens is 3. The number of ether oxygens (including phenoxy) is 1. The summed E-state index contributed by atoms with van der Waals surface area (Å²) in [7, 11) is 5.20. The van der Waals surface area contributed by atoms with Crippen LogP contribution in [0.2, 0.25) is 0 Å². The van der Waals surface area contributed by atoms with Gasteiger partial charge in [-0.25, -0.2) is 0 Å². The van der Waals surface area contributed by atoms with Crippen LogP contribution >= 0.6 is 0 Å². The van der Waals surface area contributed by atoms with Crippen molar-refractivity contribution in [3.05, 3.63) is 29.8 Å². The molecule has 1 aromatic heterocycles. The van der Waals surface area contributed by atoms with Crippen molar-refractivity contribution < 1.29 is 4.74 Å². The highest BCUT2D eigenvalue weighted by Crippen LogP contribution is 2.25. The number of methoxy groups -OCH3 is 1. The summed E-state index contributed by atoms with van der Waals surface area (Å²) in [6.45, 7) is 2.04. The van der Waals surface area contributed by atoms with E-state index in [9.17, 15) is 0 Å². The molecule has 0 aliphatic heterocycles. The van der Waals surface area contributed by atoms with Crippen molar-refractivity contribution in [2.75, 3.05) is 31.4 Å². The molecule has 0 fully saturated rings. The van der Waals surface area contributed by atoms with Crippen LogP contribution in [0.3, 0.4) is 0 Å². The van der Waals surface area contributed by atoms with Gasteiger partial charge < -0.3 is 15.0 Å². The molecular weight excluding hydrogens is 242 g/mol. The third-order valence-corrected chi connectivity index (χ3v) is 2.79. The van der Waals surface area contributed by atoms with Gasteiger partial charge in [0.15, 0.2) is 0 Å². The number of nitrogens with one attached hydrogen (secondary N) is 1. The lowest BCUT2D eigenvalue weighted by Gasteiger charge is -2.19. The van der Waals surface area contributed by atoms with E-state index in [-0.39, 0.29) is 6.01 Å². The number of benzene rings is 1. The average Bonchev–Trinajstić information content (AvgIpc) is 2.46. The molecule has 1 N–H and O–H groups in total. The Kier molecular flexibility index (Phi) is 3.79. The van der Waals surface area contributed by atoms with Crippen LogP contribution in [0.25, 0.3) is 0 Å². The van der Waals surface area contributed by atoms with Crippen LogP contribution < -0.4 is 15.0 Å². The summed E-state index contributed by atoms with van der Waals surface area (Å²) in [5.74, 6) is 1.01. The van der Waals surface area contributed by atoms with E-state index in [1.807, 2.05) is 43.1 Å². The fourth-order valence-corrected chi connectivity index (χ4v) is 1.75. The lowest BCUT2D eigenvalue weighted by molar-refractivity contribution is 0.379. The number of nitrogens with zero attached hydrogens (tertiary/aromatic N) is 4. The van der Waals surface area contributed by atoms with E-state index in [1.165, 1.54) is 7.11 Å². The largest absolute Gasteiger partial charge is 0.467 e. The molecule has 0 saturated heterocycles. The zero-order valence-corrected chi connectivity index (χ0v) is 11.5. The monoisotopic (exact) mass is 259 g/mol. The second-order valence-electron chi connectivity index (χ2n) is 4.04. The van der Waals surface area contributed by atoms with Gasteiger partial charge in [-0.05, 0) is 18.6 Å². The molecule has 2 aromatic rings. The summed E-state index contributed by atoms with van der Waals surface area (Å²) in [6.07, 6.45) is 0. The summed E-state index contributed by atoms with van der Waals surface area (Å²) in [5, 5.41) is 2.89. The summed E-state index contributed by atoms with van der Waals surface area (Å²) in [4.78, 5) is 14.6. The molecule has 0 aliphatic rings. The van der Waals surface area contributed by atoms with Gasteiger partial charge in [0.25, 0.3) is 0 Å². The third kappa shape index (κ3) is 2.73. The Morgan fingerprint density at radius 2 is 1.89 bits per heavy atom. The van der Waals surface area contributed by atoms with Gasteiger partial charge in [-0.3, -0.25) is 0 Å². The van der Waals surface area contributed by atoms with Gasteiger partial charge in [-0.15, -0.1) is 0 Å². The molecule has 0 aliphatic carbocycles. The topological polar surface area (TPSA) is 63.2 Å². The summed E-state index contributed by atoms with van der Waals surface area (Å²) in [5.41, 5.74) is 2.19. The minimum atomic E-state index is 0.287. The third-order valence-electron chi connectivity index (χ3n) is 2.79. The van der Waals surface area contributed by atoms with Crippen LogP contribution in [0.5, 0.6) is 6.01 Å². The molecule has 6 heteroatoms. The van der Waals surface area contributed by atoms with Crippen LogP contribution in [0.4, 0.5) is 17.6 Å². The van der Waals surface area contributed by atoms with Crippen molar-refractivity contribution in [2.24, 2.45) is 0 Å². The highest BCUT2D eigenvalue weighted by Gasteiger charge is 2.13. The lowest BCUT2D eigenvalue weighted by Crippen LogP contribution is -2.16. The molecule has 0 amide bonds. The van der Waals surface area contributed by atoms with Crippen LogP contribution in [0, 0.1) is 6.92 Å². The smallest absolute Gasteiger partial charge is 0.322 e. The minimum absolute atomic E-state index is 0.287. The van der Waals surface area contributed by atoms with Gasteiger partial charge >= 0.3 is 6.01 Å². The fourth-order valence-electron chi connectivity index (χ4n) is 1.75. The Bertz CT molecular complexity index is 550. The van der Waals surface area contributed by atoms with Crippen LogP contribution in [0.1, 0.15) is 5.56 Å². The maximum atomic E-state index is 5.08. The van der Waals surface area contributed by atoms with Gasteiger partial charge in [-0.2, -0.15) is 15.0 Å². The second kappa shape index (κ2) is 5.51. The van der Waals surface area contributed by atoms with Gasteiger partial charge in [0.1, 0.15) is 0 Å². The molecule has 0 saturated carbocycles. The first kappa shape index (κ1) is 13.1. The molecule has 0 spiro atoms. The van der Waals surface area contributed by atoms with E-state index in [0.717, 1.165) is 11.3 Å². The Morgan fingerprint density at radius 1 is 1.16 bits per heavy atom. The van der Waals surface area contributed by atoms with Crippen molar-refractivity contribution in [1.29, 1.82) is 0 Å². The summed E-state index contributed by atoms with van der Waals surface area (Å²) < 4.78 is 5.08. The van der Waals surface area contributed by atoms with Crippen molar-refractivity contribution >= 4 is 17.6 Å². The number of hydrogen-bond acceptors (Lipinski definition) is 6. The van der Waals surface area contributed by atoms with Gasteiger partial charge in [0.2, 0.25) is 11.9 Å². The number of anilines is 3. The molecule has 100 valence electrons. The average molecular weight is 259 g/mol. The van der Waals surface area contributed by atoms with Gasteiger partial charge in [-0.1, -0.05) is 18.2 Å². The van der Waals surface area contributed by atoms with Gasteiger partial charge in [0.05, 0.1) is 7.11 Å². The zero-order chi connectivity index (χ0) is 13.8. The highest BCUT2D eigenvalue weighted by atomic mass is 16.5. The first-order chi connectivity index (χ1) is 9.15. The lowest BCUT2D eigenvalue weighted by atomic mass is 10.2. The number of hydrogen-bond donors (Lipinski definition) is 1. The Morgan fingerprint density at radius 3 is 2.53 bits per heavy atom. The maximum Gasteiger partial charge on any atom is 0.322 e. The summed E-state index contributed by atoms with van der Waals surface area (Å²) >= 11 is 0. The summed E-state index contributed by atoms with van der Waals surface area (Å²) in [6, 6.07) is 8.33. The van der Waals surface area contributed by atoms with E-state index in [2.05, 4.69) is 20.3 Å². The van der Waals surface area contributed by atoms with Crippen molar-refractivity contribution in [1.82, 2.24) is 15.0 Å². The molecule has 1 heterocycles. The van der Waals surface area contributed by atoms with E-state index in [4.69, 9.17) is 4.74 Å². The van der Waals surface area contributed by atoms with Crippen LogP contribution in [-0.4, -0.2) is 36.2 Å². The van der Waals surface area contributed by atoms with Crippen molar-refractivity contribution in [2.45, 2.75) is 6.92 Å². The Hall–Kier alpha value is -2.37. The van der Waals surface area contributed by atoms with Crippen LogP contribution in [-0.2, 0) is 0 Å². The second-order valence-corrected chi connectivity index (χ2v) is 4.04. The van der Waals surface area contributed by atoms with E-state index >= 15 is 0 Å². The minimum Gasteiger partial charge on any atom is -0.467 e. The first-order valence-electron chi connectivity index (χ1n) is 5.93. The molecule has 1 aromatic carbocycles. The van der Waals surface area contributed by atoms with E-state index in [0.29, 0.717) is 11.9 Å². The van der Waals surface area contributed by atoms with E-state index in [1.54, 1.807) is 7.05 Å². The molecule has 0 bridgehead atoms. The Balaban J connectivity index is 2.43. The zero-order valence-electron chi connectivity index (χ0n) is 11.5. The maximum absolute atomic E-state index is 5.08. The molecule has 19 heavy (non-hydrogen) atoms. The molecule has 2 rings (SSSR count). The standard InChI is InChI=1S/C13H17N5O/c1-9-7-5-6-8-10(9)18(3)12-15-11(14-2)16-13(17-12)19-4/h5-8H,1-4H3,(H,14,15,16,17). The number of para-hydroxylation sites is 1. The molecular formula is C13H17N5O. The van der Waals surface area contributed by atoms with Crippen LogP contribution in [0.15, 0.2) is 24.3 Å². The number of aryl methyl sites for hydroxylation is 1. The quantitative estimate of drug-likeness (QED) is 0.906. The fraction of sp³-hybridized carbons (Fsp3) is 0.308.